The molecule has 0 radical (unpaired) electrons. The molecule has 1 atom stereocenters. The van der Waals surface area contributed by atoms with Crippen LogP contribution in [0.3, 0.4) is 0 Å². The Hall–Kier alpha value is 0.120. The number of nitrogens with one attached hydrogen (secondary N) is 1. The average molecular weight is 267 g/mol. The molecule has 0 bridgehead atoms. The molecule has 0 amide bonds. The zero-order valence-corrected chi connectivity index (χ0v) is 14.5. The minimum absolute atomic E-state index is 0. The van der Waals surface area contributed by atoms with E-state index in [1.54, 1.807) is 24.3 Å². The van der Waals surface area contributed by atoms with Gasteiger partial charge in [-0.05, 0) is 12.0 Å². The minimum Gasteiger partial charge on any atom is -0.549 e. The van der Waals surface area contributed by atoms with Crippen LogP contribution < -0.4 is 74.6 Å². The van der Waals surface area contributed by atoms with Crippen molar-refractivity contribution in [3.8, 4) is 0 Å². The van der Waals surface area contributed by atoms with E-state index >= 15 is 0 Å². The van der Waals surface area contributed by atoms with Crippen molar-refractivity contribution in [1.29, 1.82) is 0 Å². The van der Waals surface area contributed by atoms with Crippen molar-refractivity contribution < 1.29 is 78.9 Å². The summed E-state index contributed by atoms with van der Waals surface area (Å²) in [5.74, 6) is -2.68. The fourth-order valence-corrected chi connectivity index (χ4v) is 1.30. The zero-order chi connectivity index (χ0) is 12.0. The predicted molar refractivity (Wildman–Crippen MR) is 52.0 cm³/mol. The summed E-state index contributed by atoms with van der Waals surface area (Å²) < 4.78 is 0. The van der Waals surface area contributed by atoms with Crippen molar-refractivity contribution in [1.82, 2.24) is 5.32 Å². The first-order valence-corrected chi connectivity index (χ1v) is 4.77. The third kappa shape index (κ3) is 8.26. The molecule has 0 saturated carbocycles. The maximum absolute atomic E-state index is 10.7. The molecule has 0 aliphatic rings. The molecule has 0 fully saturated rings. The van der Waals surface area contributed by atoms with E-state index in [-0.39, 0.29) is 65.5 Å². The Kier molecular flexibility index (Phi) is 12.5. The molecule has 5 nitrogen and oxygen atoms in total. The number of hydrogen-bond donors (Lipinski definition) is 1. The van der Waals surface area contributed by atoms with E-state index in [9.17, 15) is 19.8 Å². The summed E-state index contributed by atoms with van der Waals surface area (Å²) in [5.41, 5.74) is 0.794. The molecule has 86 valence electrons. The van der Waals surface area contributed by atoms with Crippen LogP contribution >= 0.6 is 0 Å². The predicted octanol–water partition coefficient (Wildman–Crippen LogP) is -8.30. The van der Waals surface area contributed by atoms with Crippen LogP contribution in [0.1, 0.15) is 5.56 Å². The van der Waals surface area contributed by atoms with Crippen LogP contribution in [0.2, 0.25) is 0 Å². The number of hydrogen-bond acceptors (Lipinski definition) is 5. The van der Waals surface area contributed by atoms with Crippen molar-refractivity contribution in [2.24, 2.45) is 0 Å². The monoisotopic (exact) mass is 267 g/mol. The summed E-state index contributed by atoms with van der Waals surface area (Å²) in [6.07, 6.45) is 0.177. The molecule has 7 heteroatoms. The Labute approximate surface area is 150 Å². The normalized spacial score (nSPS) is 10.7. The van der Waals surface area contributed by atoms with Crippen LogP contribution in [0, 0.1) is 0 Å². The topological polar surface area (TPSA) is 92.3 Å². The first-order chi connectivity index (χ1) is 7.59. The van der Waals surface area contributed by atoms with Gasteiger partial charge in [-0.3, -0.25) is 0 Å². The van der Waals surface area contributed by atoms with Crippen LogP contribution in [-0.2, 0) is 16.0 Å². The summed E-state index contributed by atoms with van der Waals surface area (Å²) in [4.78, 5) is 20.9. The SMILES string of the molecule is O=C([O-])CN[C@@H](Cc1ccccc1)C(=O)[O-].[Na+].[Na+]. The second kappa shape index (κ2) is 11.0. The Morgan fingerprint density at radius 3 is 2.11 bits per heavy atom. The van der Waals surface area contributed by atoms with E-state index < -0.39 is 24.5 Å². The molecule has 1 aromatic carbocycles. The van der Waals surface area contributed by atoms with Gasteiger partial charge in [-0.15, -0.1) is 0 Å². The van der Waals surface area contributed by atoms with Gasteiger partial charge >= 0.3 is 59.1 Å². The molecule has 0 heterocycles. The average Bonchev–Trinajstić information content (AvgIpc) is 2.25. The van der Waals surface area contributed by atoms with E-state index in [0.717, 1.165) is 5.56 Å². The molecule has 0 spiro atoms. The van der Waals surface area contributed by atoms with Crippen LogP contribution in [-0.4, -0.2) is 24.5 Å². The van der Waals surface area contributed by atoms with E-state index in [4.69, 9.17) is 0 Å². The Bertz CT molecular complexity index is 373. The summed E-state index contributed by atoms with van der Waals surface area (Å²) in [6.45, 7) is -0.508. The molecule has 0 unspecified atom stereocenters. The first kappa shape index (κ1) is 20.4. The molecular formula is C11H11NNa2O4. The molecule has 1 rings (SSSR count). The fraction of sp³-hybridized carbons (Fsp3) is 0.273. The first-order valence-electron chi connectivity index (χ1n) is 4.77. The number of carbonyl (C=O) groups excluding carboxylic acids is 2. The van der Waals surface area contributed by atoms with Crippen LogP contribution in [0.15, 0.2) is 30.3 Å². The Morgan fingerprint density at radius 1 is 1.11 bits per heavy atom. The smallest absolute Gasteiger partial charge is 0.549 e. The molecule has 18 heavy (non-hydrogen) atoms. The van der Waals surface area contributed by atoms with Gasteiger partial charge in [0.2, 0.25) is 0 Å². The van der Waals surface area contributed by atoms with Crippen LogP contribution in [0.5, 0.6) is 0 Å². The molecule has 0 aromatic heterocycles. The molecule has 0 aliphatic heterocycles. The van der Waals surface area contributed by atoms with Gasteiger partial charge in [0.15, 0.2) is 0 Å². The molecule has 1 aromatic rings. The van der Waals surface area contributed by atoms with Crippen molar-refractivity contribution in [2.45, 2.75) is 12.5 Å². The summed E-state index contributed by atoms with van der Waals surface area (Å²) in [6, 6.07) is 7.86. The van der Waals surface area contributed by atoms with Gasteiger partial charge in [0.1, 0.15) is 0 Å². The number of carboxylic acid groups (broad SMARTS) is 2. The van der Waals surface area contributed by atoms with Crippen molar-refractivity contribution in [3.05, 3.63) is 35.9 Å². The van der Waals surface area contributed by atoms with Gasteiger partial charge < -0.3 is 25.1 Å². The molecule has 0 aliphatic carbocycles. The van der Waals surface area contributed by atoms with Crippen LogP contribution in [0.4, 0.5) is 0 Å². The number of carbonyl (C=O) groups is 2. The molecule has 1 N–H and O–H groups in total. The van der Waals surface area contributed by atoms with E-state index in [2.05, 4.69) is 5.32 Å². The van der Waals surface area contributed by atoms with Crippen LogP contribution in [0.25, 0.3) is 0 Å². The van der Waals surface area contributed by atoms with Crippen molar-refractivity contribution in [3.63, 3.8) is 0 Å². The van der Waals surface area contributed by atoms with Gasteiger partial charge in [0, 0.05) is 6.54 Å². The van der Waals surface area contributed by atoms with E-state index in [1.807, 2.05) is 6.07 Å². The fourth-order valence-electron chi connectivity index (χ4n) is 1.30. The maximum atomic E-state index is 10.7. The molecular weight excluding hydrogens is 256 g/mol. The number of rotatable bonds is 6. The van der Waals surface area contributed by atoms with Crippen molar-refractivity contribution in [2.75, 3.05) is 6.54 Å². The second-order valence-electron chi connectivity index (χ2n) is 3.31. The van der Waals surface area contributed by atoms with Gasteiger partial charge in [-0.25, -0.2) is 0 Å². The quantitative estimate of drug-likeness (QED) is 0.517. The standard InChI is InChI=1S/C11H13NO4.2Na/c13-10(14)7-12-9(11(15)16)6-8-4-2-1-3-5-8;;/h1-5,9,12H,6-7H2,(H,13,14)(H,15,16);;/q;2*+1/p-2/t9-;;/m0../s1. The summed E-state index contributed by atoms with van der Waals surface area (Å²) in [7, 11) is 0. The third-order valence-electron chi connectivity index (χ3n) is 2.06. The Morgan fingerprint density at radius 2 is 1.67 bits per heavy atom. The maximum Gasteiger partial charge on any atom is 1.00 e. The van der Waals surface area contributed by atoms with Gasteiger partial charge in [-0.2, -0.15) is 0 Å². The number of aliphatic carboxylic acids is 2. The van der Waals surface area contributed by atoms with Crippen molar-refractivity contribution >= 4 is 11.9 Å². The largest absolute Gasteiger partial charge is 1.00 e. The van der Waals surface area contributed by atoms with E-state index in [1.165, 1.54) is 0 Å². The van der Waals surface area contributed by atoms with Gasteiger partial charge in [0.25, 0.3) is 0 Å². The number of benzene rings is 1. The minimum atomic E-state index is -1.35. The Balaban J connectivity index is 0. The third-order valence-corrected chi connectivity index (χ3v) is 2.06. The number of carboxylic acids is 2. The molecule has 0 saturated heterocycles. The zero-order valence-electron chi connectivity index (χ0n) is 10.5. The van der Waals surface area contributed by atoms with E-state index in [0.29, 0.717) is 0 Å². The second-order valence-corrected chi connectivity index (χ2v) is 3.31. The van der Waals surface area contributed by atoms with Gasteiger partial charge in [-0.1, -0.05) is 30.3 Å². The van der Waals surface area contributed by atoms with Gasteiger partial charge in [0.05, 0.1) is 18.0 Å². The summed E-state index contributed by atoms with van der Waals surface area (Å²) >= 11 is 0. The summed E-state index contributed by atoms with van der Waals surface area (Å²) in [5, 5.41) is 23.3.